The molecule has 2 amide bonds. The molecule has 0 saturated carbocycles. The van der Waals surface area contributed by atoms with Crippen molar-refractivity contribution in [2.45, 2.75) is 40.0 Å². The second-order valence-electron chi connectivity index (χ2n) is 6.87. The van der Waals surface area contributed by atoms with Crippen LogP contribution < -0.4 is 15.8 Å². The molecule has 0 radical (unpaired) electrons. The number of unbranched alkanes of at least 4 members (excludes halogenated alkanes) is 1. The highest BCUT2D eigenvalue weighted by Crippen LogP contribution is 2.32. The predicted octanol–water partition coefficient (Wildman–Crippen LogP) is 4.92. The number of ether oxygens (including phenoxy) is 1. The van der Waals surface area contributed by atoms with Crippen LogP contribution in [0.1, 0.15) is 59.4 Å². The van der Waals surface area contributed by atoms with Gasteiger partial charge in [0.25, 0.3) is 11.8 Å². The summed E-state index contributed by atoms with van der Waals surface area (Å²) in [5, 5.41) is 2.37. The highest BCUT2D eigenvalue weighted by atomic mass is 19.1. The number of aliphatic imine (C=N–C) groups is 1. The van der Waals surface area contributed by atoms with Crippen molar-refractivity contribution in [3.05, 3.63) is 52.6 Å². The van der Waals surface area contributed by atoms with E-state index in [1.54, 1.807) is 19.1 Å². The fourth-order valence-corrected chi connectivity index (χ4v) is 3.05. The molecular formula is C22H25F2N3O3. The molecule has 8 heteroatoms. The number of benzene rings is 2. The van der Waals surface area contributed by atoms with Gasteiger partial charge < -0.3 is 15.8 Å². The van der Waals surface area contributed by atoms with Crippen LogP contribution in [0.2, 0.25) is 0 Å². The zero-order chi connectivity index (χ0) is 22.4. The van der Waals surface area contributed by atoms with Crippen molar-refractivity contribution in [3.63, 3.8) is 0 Å². The fraction of sp³-hybridized carbons (Fsp3) is 0.318. The van der Waals surface area contributed by atoms with Crippen LogP contribution in [0.3, 0.4) is 0 Å². The molecule has 160 valence electrons. The van der Waals surface area contributed by atoms with Crippen molar-refractivity contribution in [1.29, 1.82) is 0 Å². The zero-order valence-corrected chi connectivity index (χ0v) is 17.4. The van der Waals surface area contributed by atoms with Gasteiger partial charge in [-0.15, -0.1) is 0 Å². The molecule has 0 spiro atoms. The Morgan fingerprint density at radius 3 is 2.50 bits per heavy atom. The molecule has 3 N–H and O–H groups in total. The van der Waals surface area contributed by atoms with Gasteiger partial charge in [-0.05, 0) is 50.5 Å². The Labute approximate surface area is 174 Å². The highest BCUT2D eigenvalue weighted by molar-refractivity contribution is 6.11. The van der Waals surface area contributed by atoms with E-state index in [1.165, 1.54) is 7.11 Å². The number of halogens is 2. The first-order valence-electron chi connectivity index (χ1n) is 9.51. The first-order chi connectivity index (χ1) is 14.2. The Balaban J connectivity index is 2.50. The van der Waals surface area contributed by atoms with E-state index < -0.39 is 29.0 Å². The number of hydrogen-bond donors (Lipinski definition) is 2. The highest BCUT2D eigenvalue weighted by Gasteiger charge is 2.22. The first kappa shape index (κ1) is 23.0. The van der Waals surface area contributed by atoms with Crippen LogP contribution in [0.4, 0.5) is 20.2 Å². The summed E-state index contributed by atoms with van der Waals surface area (Å²) in [6.45, 7) is 5.70. The molecule has 0 aromatic heterocycles. The van der Waals surface area contributed by atoms with E-state index in [2.05, 4.69) is 17.2 Å². The number of anilines is 1. The minimum Gasteiger partial charge on any atom is -0.496 e. The van der Waals surface area contributed by atoms with Gasteiger partial charge in [0.1, 0.15) is 17.4 Å². The first-order valence-corrected chi connectivity index (χ1v) is 9.51. The van der Waals surface area contributed by atoms with Gasteiger partial charge in [-0.25, -0.2) is 8.78 Å². The molecule has 0 heterocycles. The summed E-state index contributed by atoms with van der Waals surface area (Å²) in [6.07, 6.45) is 2.86. The number of carbonyl (C=O) groups excluding carboxylic acids is 2. The van der Waals surface area contributed by atoms with Crippen LogP contribution in [-0.4, -0.2) is 24.6 Å². The SMILES string of the molecule is CCCCC(C)=Nc1ccc(OC)c(C(=O)Nc2cc(F)cc(F)c2C(N)=O)c1C. The maximum Gasteiger partial charge on any atom is 0.259 e. The summed E-state index contributed by atoms with van der Waals surface area (Å²) in [7, 11) is 1.40. The molecule has 0 unspecified atom stereocenters. The smallest absolute Gasteiger partial charge is 0.259 e. The number of amides is 2. The van der Waals surface area contributed by atoms with E-state index in [4.69, 9.17) is 10.5 Å². The Kier molecular flexibility index (Phi) is 7.63. The van der Waals surface area contributed by atoms with Crippen LogP contribution in [-0.2, 0) is 0 Å². The molecule has 0 atom stereocenters. The van der Waals surface area contributed by atoms with Crippen molar-refractivity contribution in [2.24, 2.45) is 10.7 Å². The number of rotatable bonds is 8. The third kappa shape index (κ3) is 5.20. The van der Waals surface area contributed by atoms with Gasteiger partial charge in [-0.1, -0.05) is 13.3 Å². The summed E-state index contributed by atoms with van der Waals surface area (Å²) in [4.78, 5) is 29.2. The maximum absolute atomic E-state index is 14.0. The number of nitrogens with zero attached hydrogens (tertiary/aromatic N) is 1. The van der Waals surface area contributed by atoms with Gasteiger partial charge in [0.05, 0.1) is 29.6 Å². The van der Waals surface area contributed by atoms with E-state index in [-0.39, 0.29) is 17.0 Å². The lowest BCUT2D eigenvalue weighted by Crippen LogP contribution is -2.21. The molecule has 6 nitrogen and oxygen atoms in total. The van der Waals surface area contributed by atoms with Crippen molar-refractivity contribution < 1.29 is 23.1 Å². The lowest BCUT2D eigenvalue weighted by atomic mass is 10.0. The second-order valence-corrected chi connectivity index (χ2v) is 6.87. The molecule has 2 aromatic rings. The Morgan fingerprint density at radius 1 is 1.20 bits per heavy atom. The van der Waals surface area contributed by atoms with Crippen LogP contribution in [0.25, 0.3) is 0 Å². The Hall–Kier alpha value is -3.29. The van der Waals surface area contributed by atoms with E-state index in [1.807, 2.05) is 6.92 Å². The van der Waals surface area contributed by atoms with Gasteiger partial charge in [0.2, 0.25) is 0 Å². The summed E-state index contributed by atoms with van der Waals surface area (Å²) >= 11 is 0. The average Bonchev–Trinajstić information content (AvgIpc) is 2.66. The molecule has 0 aliphatic heterocycles. The second kappa shape index (κ2) is 9.96. The average molecular weight is 417 g/mol. The number of carbonyl (C=O) groups is 2. The molecule has 0 bridgehead atoms. The van der Waals surface area contributed by atoms with Gasteiger partial charge in [0.15, 0.2) is 0 Å². The number of primary amides is 1. The van der Waals surface area contributed by atoms with Crippen molar-refractivity contribution in [2.75, 3.05) is 12.4 Å². The van der Waals surface area contributed by atoms with E-state index in [9.17, 15) is 18.4 Å². The number of methoxy groups -OCH3 is 1. The zero-order valence-electron chi connectivity index (χ0n) is 17.4. The molecule has 30 heavy (non-hydrogen) atoms. The number of nitrogens with one attached hydrogen (secondary N) is 1. The van der Waals surface area contributed by atoms with Crippen LogP contribution in [0.5, 0.6) is 5.75 Å². The van der Waals surface area contributed by atoms with E-state index in [0.717, 1.165) is 31.0 Å². The summed E-state index contributed by atoms with van der Waals surface area (Å²) < 4.78 is 33.0. The predicted molar refractivity (Wildman–Crippen MR) is 113 cm³/mol. The molecule has 2 rings (SSSR count). The van der Waals surface area contributed by atoms with Crippen molar-refractivity contribution in [1.82, 2.24) is 0 Å². The number of nitrogens with two attached hydrogens (primary N) is 1. The monoisotopic (exact) mass is 417 g/mol. The van der Waals surface area contributed by atoms with Gasteiger partial charge >= 0.3 is 0 Å². The summed E-state index contributed by atoms with van der Waals surface area (Å²) in [5.41, 5.74) is 6.39. The number of hydrogen-bond acceptors (Lipinski definition) is 4. The largest absolute Gasteiger partial charge is 0.496 e. The quantitative estimate of drug-likeness (QED) is 0.597. The molecular weight excluding hydrogens is 392 g/mol. The minimum absolute atomic E-state index is 0.141. The summed E-state index contributed by atoms with van der Waals surface area (Å²) in [6, 6.07) is 4.68. The lowest BCUT2D eigenvalue weighted by molar-refractivity contribution is 0.0997. The van der Waals surface area contributed by atoms with Crippen molar-refractivity contribution in [3.8, 4) is 5.75 Å². The lowest BCUT2D eigenvalue weighted by Gasteiger charge is -2.15. The topological polar surface area (TPSA) is 93.8 Å². The third-order valence-electron chi connectivity index (χ3n) is 4.60. The summed E-state index contributed by atoms with van der Waals surface area (Å²) in [5.74, 6) is -3.70. The van der Waals surface area contributed by atoms with Crippen LogP contribution >= 0.6 is 0 Å². The third-order valence-corrected chi connectivity index (χ3v) is 4.60. The fourth-order valence-electron chi connectivity index (χ4n) is 3.05. The van der Waals surface area contributed by atoms with Gasteiger partial charge in [0, 0.05) is 11.8 Å². The van der Waals surface area contributed by atoms with Gasteiger partial charge in [-0.3, -0.25) is 14.6 Å². The Morgan fingerprint density at radius 2 is 1.90 bits per heavy atom. The minimum atomic E-state index is -1.16. The van der Waals surface area contributed by atoms with E-state index >= 15 is 0 Å². The Bertz CT molecular complexity index is 1000. The van der Waals surface area contributed by atoms with Crippen LogP contribution in [0.15, 0.2) is 29.3 Å². The van der Waals surface area contributed by atoms with Crippen LogP contribution in [0, 0.1) is 18.6 Å². The van der Waals surface area contributed by atoms with E-state index in [0.29, 0.717) is 17.3 Å². The molecule has 0 aliphatic rings. The molecule has 0 fully saturated rings. The van der Waals surface area contributed by atoms with Gasteiger partial charge in [-0.2, -0.15) is 0 Å². The maximum atomic E-state index is 14.0. The molecule has 0 saturated heterocycles. The standard InChI is InChI=1S/C22H25F2N3O3/c1-5-6-7-12(2)26-16-8-9-18(30-4)19(13(16)3)22(29)27-17-11-14(23)10-15(24)20(17)21(25)28/h8-11H,5-7H2,1-4H3,(H2,25,28)(H,27,29). The van der Waals surface area contributed by atoms with Crippen molar-refractivity contribution >= 4 is 28.9 Å². The molecule has 0 aliphatic carbocycles. The normalized spacial score (nSPS) is 11.3. The molecule has 2 aromatic carbocycles.